The number of fused-ring (bicyclic) bond motifs is 1. The number of thiophene rings is 1. The lowest BCUT2D eigenvalue weighted by atomic mass is 9.91. The van der Waals surface area contributed by atoms with Crippen molar-refractivity contribution in [3.05, 3.63) is 35.0 Å². The van der Waals surface area contributed by atoms with E-state index < -0.39 is 0 Å². The second-order valence-corrected chi connectivity index (χ2v) is 8.31. The lowest BCUT2D eigenvalue weighted by Crippen LogP contribution is -2.49. The molecule has 0 bridgehead atoms. The minimum Gasteiger partial charge on any atom is -0.299 e. The molecule has 0 radical (unpaired) electrons. The highest BCUT2D eigenvalue weighted by Gasteiger charge is 2.44. The van der Waals surface area contributed by atoms with Gasteiger partial charge in [-0.25, -0.2) is 4.98 Å². The molecule has 5 nitrogen and oxygen atoms in total. The first-order valence-electron chi connectivity index (χ1n) is 9.04. The van der Waals surface area contributed by atoms with Gasteiger partial charge in [0.15, 0.2) is 0 Å². The Balaban J connectivity index is 1.44. The third-order valence-corrected chi connectivity index (χ3v) is 6.34. The first-order chi connectivity index (χ1) is 11.7. The lowest BCUT2D eigenvalue weighted by molar-refractivity contribution is 0.0719. The van der Waals surface area contributed by atoms with Crippen LogP contribution in [-0.4, -0.2) is 55.8 Å². The minimum atomic E-state index is 0.586. The van der Waals surface area contributed by atoms with Crippen LogP contribution in [0.2, 0.25) is 0 Å². The SMILES string of the molecule is CC(C)N1[C@H](Cn2cncn2)C[C@@H]2CN(Cc3ccsc3)CC[C@@H]21. The Morgan fingerprint density at radius 3 is 3.00 bits per heavy atom. The normalized spacial score (nSPS) is 28.5. The van der Waals surface area contributed by atoms with E-state index in [-0.39, 0.29) is 0 Å². The van der Waals surface area contributed by atoms with E-state index >= 15 is 0 Å². The maximum Gasteiger partial charge on any atom is 0.137 e. The number of rotatable bonds is 5. The van der Waals surface area contributed by atoms with Crippen LogP contribution < -0.4 is 0 Å². The number of likely N-dealkylation sites (tertiary alicyclic amines) is 2. The molecule has 0 amide bonds. The number of hydrogen-bond donors (Lipinski definition) is 0. The van der Waals surface area contributed by atoms with E-state index in [9.17, 15) is 0 Å². The van der Waals surface area contributed by atoms with Gasteiger partial charge in [-0.3, -0.25) is 14.5 Å². The lowest BCUT2D eigenvalue weighted by Gasteiger charge is -2.40. The molecule has 0 aliphatic carbocycles. The van der Waals surface area contributed by atoms with Crippen molar-refractivity contribution in [3.63, 3.8) is 0 Å². The molecule has 0 N–H and O–H groups in total. The Morgan fingerprint density at radius 2 is 2.29 bits per heavy atom. The van der Waals surface area contributed by atoms with Gasteiger partial charge in [0.05, 0.1) is 6.54 Å². The maximum atomic E-state index is 4.33. The molecule has 0 spiro atoms. The molecular formula is C18H27N5S. The molecular weight excluding hydrogens is 318 g/mol. The average Bonchev–Trinajstić information content (AvgIpc) is 3.27. The van der Waals surface area contributed by atoms with Crippen molar-refractivity contribution in [2.24, 2.45) is 5.92 Å². The number of piperidine rings is 1. The van der Waals surface area contributed by atoms with Gasteiger partial charge in [0.1, 0.15) is 12.7 Å². The van der Waals surface area contributed by atoms with Gasteiger partial charge in [-0.05, 0) is 61.5 Å². The summed E-state index contributed by atoms with van der Waals surface area (Å²) < 4.78 is 2.00. The van der Waals surface area contributed by atoms with Gasteiger partial charge < -0.3 is 0 Å². The largest absolute Gasteiger partial charge is 0.299 e. The minimum absolute atomic E-state index is 0.586. The van der Waals surface area contributed by atoms with Gasteiger partial charge in [-0.2, -0.15) is 16.4 Å². The van der Waals surface area contributed by atoms with E-state index in [1.165, 1.54) is 31.5 Å². The summed E-state index contributed by atoms with van der Waals surface area (Å²) in [4.78, 5) is 9.52. The third kappa shape index (κ3) is 3.27. The Labute approximate surface area is 148 Å². The molecule has 2 aliphatic rings. The predicted molar refractivity (Wildman–Crippen MR) is 96.9 cm³/mol. The molecule has 130 valence electrons. The van der Waals surface area contributed by atoms with Crippen LogP contribution in [0.3, 0.4) is 0 Å². The zero-order valence-corrected chi connectivity index (χ0v) is 15.4. The van der Waals surface area contributed by atoms with Crippen molar-refractivity contribution >= 4 is 11.3 Å². The van der Waals surface area contributed by atoms with E-state index in [4.69, 9.17) is 0 Å². The molecule has 24 heavy (non-hydrogen) atoms. The van der Waals surface area contributed by atoms with Crippen molar-refractivity contribution in [2.75, 3.05) is 13.1 Å². The summed E-state index contributed by atoms with van der Waals surface area (Å²) in [6, 6.07) is 4.18. The van der Waals surface area contributed by atoms with Crippen molar-refractivity contribution in [1.82, 2.24) is 24.6 Å². The van der Waals surface area contributed by atoms with E-state index in [1.54, 1.807) is 17.7 Å². The van der Waals surface area contributed by atoms with Gasteiger partial charge in [-0.1, -0.05) is 0 Å². The van der Waals surface area contributed by atoms with Crippen molar-refractivity contribution in [2.45, 2.75) is 57.9 Å². The van der Waals surface area contributed by atoms with Crippen LogP contribution in [-0.2, 0) is 13.1 Å². The molecule has 2 aromatic heterocycles. The highest BCUT2D eigenvalue weighted by molar-refractivity contribution is 7.07. The first-order valence-corrected chi connectivity index (χ1v) is 9.98. The standard InChI is InChI=1S/C18H27N5S/c1-14(2)23-17(10-22-13-19-12-20-22)7-16-9-21(5-3-18(16)23)8-15-4-6-24-11-15/h4,6,11-14,16-18H,3,5,7-10H2,1-2H3/t16-,17+,18+/m1/s1. The van der Waals surface area contributed by atoms with Gasteiger partial charge >= 0.3 is 0 Å². The van der Waals surface area contributed by atoms with Crippen molar-refractivity contribution < 1.29 is 0 Å². The van der Waals surface area contributed by atoms with Crippen LogP contribution in [0.15, 0.2) is 29.5 Å². The maximum absolute atomic E-state index is 4.33. The predicted octanol–water partition coefficient (Wildman–Crippen LogP) is 2.71. The molecule has 0 saturated carbocycles. The summed E-state index contributed by atoms with van der Waals surface area (Å²) in [5, 5.41) is 8.80. The first kappa shape index (κ1) is 16.2. The van der Waals surface area contributed by atoms with Gasteiger partial charge in [0.25, 0.3) is 0 Å². The summed E-state index contributed by atoms with van der Waals surface area (Å²) >= 11 is 1.80. The molecule has 0 aromatic carbocycles. The monoisotopic (exact) mass is 345 g/mol. The number of aromatic nitrogens is 3. The fraction of sp³-hybridized carbons (Fsp3) is 0.667. The fourth-order valence-corrected chi connectivity index (χ4v) is 5.42. The van der Waals surface area contributed by atoms with Crippen LogP contribution in [0.1, 0.15) is 32.3 Å². The molecule has 4 heterocycles. The number of hydrogen-bond acceptors (Lipinski definition) is 5. The molecule has 3 atom stereocenters. The van der Waals surface area contributed by atoms with E-state index in [1.807, 2.05) is 11.0 Å². The van der Waals surface area contributed by atoms with Crippen LogP contribution in [0.25, 0.3) is 0 Å². The zero-order valence-electron chi connectivity index (χ0n) is 14.6. The molecule has 4 rings (SSSR count). The van der Waals surface area contributed by atoms with Gasteiger partial charge in [0.2, 0.25) is 0 Å². The smallest absolute Gasteiger partial charge is 0.137 e. The zero-order chi connectivity index (χ0) is 16.5. The summed E-state index contributed by atoms with van der Waals surface area (Å²) in [7, 11) is 0. The molecule has 2 aliphatic heterocycles. The summed E-state index contributed by atoms with van der Waals surface area (Å²) in [6.07, 6.45) is 6.07. The Kier molecular flexibility index (Phi) is 4.70. The second kappa shape index (κ2) is 6.94. The molecule has 6 heteroatoms. The van der Waals surface area contributed by atoms with E-state index in [2.05, 4.69) is 50.6 Å². The Bertz CT molecular complexity index is 624. The van der Waals surface area contributed by atoms with Crippen LogP contribution in [0, 0.1) is 5.92 Å². The van der Waals surface area contributed by atoms with Crippen molar-refractivity contribution in [3.8, 4) is 0 Å². The molecule has 2 saturated heterocycles. The third-order valence-electron chi connectivity index (χ3n) is 5.60. The molecule has 2 fully saturated rings. The second-order valence-electron chi connectivity index (χ2n) is 7.53. The van der Waals surface area contributed by atoms with Crippen LogP contribution >= 0.6 is 11.3 Å². The van der Waals surface area contributed by atoms with Crippen LogP contribution in [0.5, 0.6) is 0 Å². The average molecular weight is 346 g/mol. The summed E-state index contributed by atoms with van der Waals surface area (Å²) in [5.74, 6) is 0.785. The van der Waals surface area contributed by atoms with Crippen molar-refractivity contribution in [1.29, 1.82) is 0 Å². The van der Waals surface area contributed by atoms with Gasteiger partial charge in [-0.15, -0.1) is 0 Å². The molecule has 0 unspecified atom stereocenters. The number of nitrogens with zero attached hydrogens (tertiary/aromatic N) is 5. The Hall–Kier alpha value is -1.24. The summed E-state index contributed by atoms with van der Waals surface area (Å²) in [5.41, 5.74) is 1.47. The quantitative estimate of drug-likeness (QED) is 0.835. The topological polar surface area (TPSA) is 37.2 Å². The fourth-order valence-electron chi connectivity index (χ4n) is 4.76. The van der Waals surface area contributed by atoms with E-state index in [0.29, 0.717) is 12.1 Å². The highest BCUT2D eigenvalue weighted by atomic mass is 32.1. The highest BCUT2D eigenvalue weighted by Crippen LogP contribution is 2.38. The van der Waals surface area contributed by atoms with E-state index in [0.717, 1.165) is 25.0 Å². The van der Waals surface area contributed by atoms with Gasteiger partial charge in [0, 0.05) is 31.2 Å². The Morgan fingerprint density at radius 1 is 1.38 bits per heavy atom. The van der Waals surface area contributed by atoms with Crippen LogP contribution in [0.4, 0.5) is 0 Å². The summed E-state index contributed by atoms with van der Waals surface area (Å²) in [6.45, 7) is 9.22. The molecule has 2 aromatic rings.